The standard InChI is InChI=1S/C21H23N5O3/c1-3-13-4-6-14(7-5-13)17-12-22-8-9-26(17)20(28)15-10-16-18(23-11-15)25(2)21(29)24-19(16)27/h4-7,10-11,17,22H,3,8-9,12H2,1-2H3,(H,24,27,29). The molecule has 1 amide bonds. The van der Waals surface area contributed by atoms with Gasteiger partial charge in [0.25, 0.3) is 11.5 Å². The molecule has 1 saturated heterocycles. The fraction of sp³-hybridized carbons (Fsp3) is 0.333. The number of H-pyrrole nitrogens is 1. The highest BCUT2D eigenvalue weighted by Crippen LogP contribution is 2.25. The van der Waals surface area contributed by atoms with E-state index in [9.17, 15) is 14.4 Å². The van der Waals surface area contributed by atoms with E-state index in [1.807, 2.05) is 4.90 Å². The first-order chi connectivity index (χ1) is 14.0. The Morgan fingerprint density at radius 1 is 1.24 bits per heavy atom. The second kappa shape index (κ2) is 7.63. The van der Waals surface area contributed by atoms with E-state index in [1.165, 1.54) is 29.4 Å². The van der Waals surface area contributed by atoms with Gasteiger partial charge in [-0.05, 0) is 23.6 Å². The van der Waals surface area contributed by atoms with E-state index in [2.05, 4.69) is 46.5 Å². The fourth-order valence-corrected chi connectivity index (χ4v) is 3.74. The SMILES string of the molecule is CCc1ccc(C2CNCCN2C(=O)c2cnc3c(c2)c(=O)[nH]c(=O)n3C)cc1. The van der Waals surface area contributed by atoms with Crippen LogP contribution in [-0.4, -0.2) is 45.0 Å². The maximum Gasteiger partial charge on any atom is 0.329 e. The number of aryl methyl sites for hydroxylation is 2. The average molecular weight is 393 g/mol. The molecule has 0 aliphatic carbocycles. The van der Waals surface area contributed by atoms with Gasteiger partial charge in [0.15, 0.2) is 0 Å². The van der Waals surface area contributed by atoms with Crippen molar-refractivity contribution in [3.05, 3.63) is 74.1 Å². The van der Waals surface area contributed by atoms with Crippen LogP contribution in [0.2, 0.25) is 0 Å². The zero-order valence-electron chi connectivity index (χ0n) is 16.4. The van der Waals surface area contributed by atoms with Gasteiger partial charge in [0.05, 0.1) is 17.0 Å². The van der Waals surface area contributed by atoms with Crippen LogP contribution in [0.15, 0.2) is 46.1 Å². The lowest BCUT2D eigenvalue weighted by Crippen LogP contribution is -2.48. The van der Waals surface area contributed by atoms with Crippen molar-refractivity contribution in [1.29, 1.82) is 0 Å². The molecule has 150 valence electrons. The summed E-state index contributed by atoms with van der Waals surface area (Å²) in [7, 11) is 1.53. The Labute approximate surface area is 167 Å². The van der Waals surface area contributed by atoms with Crippen LogP contribution in [0.25, 0.3) is 11.0 Å². The number of pyridine rings is 1. The highest BCUT2D eigenvalue weighted by molar-refractivity contribution is 5.97. The first-order valence-corrected chi connectivity index (χ1v) is 9.69. The summed E-state index contributed by atoms with van der Waals surface area (Å²) in [5.74, 6) is -0.182. The van der Waals surface area contributed by atoms with Crippen molar-refractivity contribution in [2.75, 3.05) is 19.6 Å². The van der Waals surface area contributed by atoms with Crippen molar-refractivity contribution < 1.29 is 4.79 Å². The molecule has 2 N–H and O–H groups in total. The van der Waals surface area contributed by atoms with E-state index < -0.39 is 11.2 Å². The number of benzene rings is 1. The fourth-order valence-electron chi connectivity index (χ4n) is 3.74. The van der Waals surface area contributed by atoms with Gasteiger partial charge in [-0.25, -0.2) is 9.78 Å². The Hall–Kier alpha value is -3.26. The van der Waals surface area contributed by atoms with Crippen molar-refractivity contribution in [3.63, 3.8) is 0 Å². The summed E-state index contributed by atoms with van der Waals surface area (Å²) in [5.41, 5.74) is 1.82. The van der Waals surface area contributed by atoms with Gasteiger partial charge < -0.3 is 10.2 Å². The number of aromatic nitrogens is 3. The predicted octanol–water partition coefficient (Wildman–Crippen LogP) is 0.971. The number of carbonyl (C=O) groups excluding carboxylic acids is 1. The van der Waals surface area contributed by atoms with Gasteiger partial charge in [0.2, 0.25) is 0 Å². The molecular weight excluding hydrogens is 370 g/mol. The maximum absolute atomic E-state index is 13.3. The summed E-state index contributed by atoms with van der Waals surface area (Å²) in [6.07, 6.45) is 2.40. The number of rotatable bonds is 3. The largest absolute Gasteiger partial charge is 0.329 e. The highest BCUT2D eigenvalue weighted by atomic mass is 16.2. The van der Waals surface area contributed by atoms with Crippen molar-refractivity contribution in [3.8, 4) is 0 Å². The van der Waals surface area contributed by atoms with Crippen molar-refractivity contribution in [2.24, 2.45) is 7.05 Å². The van der Waals surface area contributed by atoms with Crippen molar-refractivity contribution in [1.82, 2.24) is 24.8 Å². The lowest BCUT2D eigenvalue weighted by atomic mass is 10.00. The molecule has 0 radical (unpaired) electrons. The van der Waals surface area contributed by atoms with Crippen LogP contribution < -0.4 is 16.6 Å². The molecule has 0 bridgehead atoms. The van der Waals surface area contributed by atoms with Gasteiger partial charge in [-0.2, -0.15) is 0 Å². The van der Waals surface area contributed by atoms with Crippen LogP contribution >= 0.6 is 0 Å². The Morgan fingerprint density at radius 2 is 2.00 bits per heavy atom. The van der Waals surface area contributed by atoms with Crippen LogP contribution in [0, 0.1) is 0 Å². The molecule has 2 aromatic heterocycles. The Morgan fingerprint density at radius 3 is 2.72 bits per heavy atom. The van der Waals surface area contributed by atoms with E-state index in [-0.39, 0.29) is 23.0 Å². The quantitative estimate of drug-likeness (QED) is 0.691. The molecular formula is C21H23N5O3. The molecule has 1 unspecified atom stereocenters. The first kappa shape index (κ1) is 19.1. The summed E-state index contributed by atoms with van der Waals surface area (Å²) >= 11 is 0. The summed E-state index contributed by atoms with van der Waals surface area (Å²) in [4.78, 5) is 45.5. The van der Waals surface area contributed by atoms with E-state index >= 15 is 0 Å². The Balaban J connectivity index is 1.71. The number of piperazine rings is 1. The molecule has 1 aliphatic rings. The highest BCUT2D eigenvalue weighted by Gasteiger charge is 2.29. The molecule has 3 heterocycles. The van der Waals surface area contributed by atoms with E-state index in [4.69, 9.17) is 0 Å². The van der Waals surface area contributed by atoms with Crippen molar-refractivity contribution >= 4 is 16.9 Å². The second-order valence-corrected chi connectivity index (χ2v) is 7.23. The first-order valence-electron chi connectivity index (χ1n) is 9.69. The van der Waals surface area contributed by atoms with Crippen LogP contribution in [0.3, 0.4) is 0 Å². The normalized spacial score (nSPS) is 16.9. The minimum atomic E-state index is -0.544. The third-order valence-corrected chi connectivity index (χ3v) is 5.48. The summed E-state index contributed by atoms with van der Waals surface area (Å²) < 4.78 is 1.26. The molecule has 0 spiro atoms. The van der Waals surface area contributed by atoms with Crippen molar-refractivity contribution in [2.45, 2.75) is 19.4 Å². The number of fused-ring (bicyclic) bond motifs is 1. The molecule has 3 aromatic rings. The summed E-state index contributed by atoms with van der Waals surface area (Å²) in [6.45, 7) is 4.02. The summed E-state index contributed by atoms with van der Waals surface area (Å²) in [5, 5.41) is 3.57. The number of aromatic amines is 1. The number of amides is 1. The van der Waals surface area contributed by atoms with Gasteiger partial charge in [-0.1, -0.05) is 31.2 Å². The topological polar surface area (TPSA) is 100 Å². The molecule has 0 saturated carbocycles. The maximum atomic E-state index is 13.3. The lowest BCUT2D eigenvalue weighted by molar-refractivity contribution is 0.0634. The number of nitrogens with one attached hydrogen (secondary N) is 2. The summed E-state index contributed by atoms with van der Waals surface area (Å²) in [6, 6.07) is 9.72. The molecule has 1 aliphatic heterocycles. The second-order valence-electron chi connectivity index (χ2n) is 7.23. The third-order valence-electron chi connectivity index (χ3n) is 5.48. The predicted molar refractivity (Wildman–Crippen MR) is 110 cm³/mol. The lowest BCUT2D eigenvalue weighted by Gasteiger charge is -2.36. The van der Waals surface area contributed by atoms with E-state index in [0.717, 1.165) is 12.0 Å². The minimum absolute atomic E-state index is 0.101. The van der Waals surface area contributed by atoms with Crippen LogP contribution in [-0.2, 0) is 13.5 Å². The number of hydrogen-bond donors (Lipinski definition) is 2. The van der Waals surface area contributed by atoms with Crippen LogP contribution in [0.4, 0.5) is 0 Å². The molecule has 29 heavy (non-hydrogen) atoms. The van der Waals surface area contributed by atoms with E-state index in [1.54, 1.807) is 0 Å². The minimum Gasteiger partial charge on any atom is -0.329 e. The molecule has 1 aromatic carbocycles. The van der Waals surface area contributed by atoms with E-state index in [0.29, 0.717) is 25.2 Å². The number of hydrogen-bond acceptors (Lipinski definition) is 5. The number of nitrogens with zero attached hydrogens (tertiary/aromatic N) is 3. The molecule has 8 heteroatoms. The molecule has 8 nitrogen and oxygen atoms in total. The Kier molecular flexibility index (Phi) is 5.02. The molecule has 1 atom stereocenters. The zero-order valence-corrected chi connectivity index (χ0v) is 16.4. The average Bonchev–Trinajstić information content (AvgIpc) is 2.77. The monoisotopic (exact) mass is 393 g/mol. The molecule has 4 rings (SSSR count). The van der Waals surface area contributed by atoms with Crippen LogP contribution in [0.1, 0.15) is 34.5 Å². The zero-order chi connectivity index (χ0) is 20.5. The molecule has 1 fully saturated rings. The van der Waals surface area contributed by atoms with Crippen LogP contribution in [0.5, 0.6) is 0 Å². The van der Waals surface area contributed by atoms with Gasteiger partial charge in [-0.3, -0.25) is 19.1 Å². The van der Waals surface area contributed by atoms with Gasteiger partial charge in [0, 0.05) is 32.9 Å². The number of carbonyl (C=O) groups is 1. The van der Waals surface area contributed by atoms with Gasteiger partial charge >= 0.3 is 5.69 Å². The third kappa shape index (κ3) is 3.47. The smallest absolute Gasteiger partial charge is 0.329 e. The van der Waals surface area contributed by atoms with Gasteiger partial charge in [-0.15, -0.1) is 0 Å². The van der Waals surface area contributed by atoms with Gasteiger partial charge in [0.1, 0.15) is 5.65 Å². The Bertz CT molecular complexity index is 1180.